The first-order valence-corrected chi connectivity index (χ1v) is 9.41. The van der Waals surface area contributed by atoms with Crippen LogP contribution >= 0.6 is 11.8 Å². The second-order valence-corrected chi connectivity index (χ2v) is 6.88. The molecule has 3 aromatic rings. The third-order valence-electron chi connectivity index (χ3n) is 3.97. The van der Waals surface area contributed by atoms with E-state index in [-0.39, 0.29) is 11.7 Å². The summed E-state index contributed by atoms with van der Waals surface area (Å²) in [4.78, 5) is 16.7. The largest absolute Gasteiger partial charge is 0.416 e. The first-order valence-electron chi connectivity index (χ1n) is 8.42. The van der Waals surface area contributed by atoms with Gasteiger partial charge in [0.25, 0.3) is 0 Å². The second kappa shape index (κ2) is 8.66. The van der Waals surface area contributed by atoms with Crippen molar-refractivity contribution in [2.24, 2.45) is 0 Å². The van der Waals surface area contributed by atoms with Crippen LogP contribution in [-0.4, -0.2) is 34.9 Å². The van der Waals surface area contributed by atoms with Crippen LogP contribution in [0.1, 0.15) is 5.56 Å². The summed E-state index contributed by atoms with van der Waals surface area (Å²) in [7, 11) is 1.61. The van der Waals surface area contributed by atoms with Crippen molar-refractivity contribution in [1.29, 1.82) is 0 Å². The number of carbonyl (C=O) groups excluding carboxylic acids is 1. The molecule has 0 radical (unpaired) electrons. The van der Waals surface area contributed by atoms with Gasteiger partial charge in [-0.2, -0.15) is 13.2 Å². The van der Waals surface area contributed by atoms with Crippen molar-refractivity contribution in [2.45, 2.75) is 17.9 Å². The van der Waals surface area contributed by atoms with E-state index in [2.05, 4.69) is 10.3 Å². The highest BCUT2D eigenvalue weighted by molar-refractivity contribution is 7.99. The number of hydrogen-bond donors (Lipinski definition) is 1. The summed E-state index contributed by atoms with van der Waals surface area (Å²) in [6.07, 6.45) is -4.40. The highest BCUT2D eigenvalue weighted by atomic mass is 32.2. The Labute approximate surface area is 163 Å². The minimum Gasteiger partial charge on any atom is -0.383 e. The number of halogens is 3. The van der Waals surface area contributed by atoms with E-state index in [9.17, 15) is 18.0 Å². The number of fused-ring (bicyclic) bond motifs is 1. The van der Waals surface area contributed by atoms with Crippen molar-refractivity contribution in [2.75, 3.05) is 24.8 Å². The van der Waals surface area contributed by atoms with Crippen LogP contribution in [0.3, 0.4) is 0 Å². The summed E-state index contributed by atoms with van der Waals surface area (Å²) in [5.74, 6) is -0.243. The van der Waals surface area contributed by atoms with Gasteiger partial charge in [-0.05, 0) is 36.4 Å². The van der Waals surface area contributed by atoms with Crippen LogP contribution in [0.2, 0.25) is 0 Å². The molecule has 0 fully saturated rings. The Morgan fingerprint density at radius 1 is 1.18 bits per heavy atom. The molecule has 0 unspecified atom stereocenters. The smallest absolute Gasteiger partial charge is 0.383 e. The molecule has 28 heavy (non-hydrogen) atoms. The molecule has 0 spiro atoms. The van der Waals surface area contributed by atoms with E-state index < -0.39 is 11.7 Å². The van der Waals surface area contributed by atoms with Crippen LogP contribution in [-0.2, 0) is 22.3 Å². The number of thioether (sulfide) groups is 1. The number of amides is 1. The zero-order valence-corrected chi connectivity index (χ0v) is 15.8. The van der Waals surface area contributed by atoms with E-state index in [1.807, 2.05) is 28.8 Å². The molecule has 5 nitrogen and oxygen atoms in total. The van der Waals surface area contributed by atoms with Crippen molar-refractivity contribution in [3.63, 3.8) is 0 Å². The number of alkyl halides is 3. The number of methoxy groups -OCH3 is 1. The Kier molecular flexibility index (Phi) is 6.25. The maximum Gasteiger partial charge on any atom is 0.416 e. The number of benzene rings is 2. The molecule has 0 saturated heterocycles. The standard InChI is InChI=1S/C19H18F3N3O2S/c1-27-11-10-25-16-5-3-2-4-15(16)24-18(25)28-12-17(26)23-14-8-6-13(7-9-14)19(20,21)22/h2-9H,10-12H2,1H3,(H,23,26). The number of ether oxygens (including phenoxy) is 1. The average molecular weight is 409 g/mol. The minimum atomic E-state index is -4.40. The highest BCUT2D eigenvalue weighted by Crippen LogP contribution is 2.30. The number of anilines is 1. The van der Waals surface area contributed by atoms with Crippen molar-refractivity contribution in [3.8, 4) is 0 Å². The number of nitrogens with one attached hydrogen (secondary N) is 1. The van der Waals surface area contributed by atoms with Crippen molar-refractivity contribution in [1.82, 2.24) is 9.55 Å². The van der Waals surface area contributed by atoms with Crippen LogP contribution in [0.5, 0.6) is 0 Å². The van der Waals surface area contributed by atoms with Crippen molar-refractivity contribution in [3.05, 3.63) is 54.1 Å². The summed E-state index contributed by atoms with van der Waals surface area (Å²) in [6, 6.07) is 12.0. The van der Waals surface area contributed by atoms with Gasteiger partial charge in [0.05, 0.1) is 29.0 Å². The van der Waals surface area contributed by atoms with Gasteiger partial charge >= 0.3 is 6.18 Å². The number of nitrogens with zero attached hydrogens (tertiary/aromatic N) is 2. The molecule has 0 saturated carbocycles. The molecule has 2 aromatic carbocycles. The SMILES string of the molecule is COCCn1c(SCC(=O)Nc2ccc(C(F)(F)F)cc2)nc2ccccc21. The molecule has 1 aromatic heterocycles. The van der Waals surface area contributed by atoms with Gasteiger partial charge < -0.3 is 14.6 Å². The maximum absolute atomic E-state index is 12.6. The monoisotopic (exact) mass is 409 g/mol. The average Bonchev–Trinajstić information content (AvgIpc) is 3.02. The maximum atomic E-state index is 12.6. The fourth-order valence-corrected chi connectivity index (χ4v) is 3.47. The fourth-order valence-electron chi connectivity index (χ4n) is 2.63. The first-order chi connectivity index (χ1) is 13.4. The lowest BCUT2D eigenvalue weighted by Gasteiger charge is -2.10. The van der Waals surface area contributed by atoms with Crippen molar-refractivity contribution >= 4 is 34.4 Å². The fraction of sp³-hybridized carbons (Fsp3) is 0.263. The summed E-state index contributed by atoms with van der Waals surface area (Å²) in [6.45, 7) is 1.10. The highest BCUT2D eigenvalue weighted by Gasteiger charge is 2.30. The Morgan fingerprint density at radius 2 is 1.89 bits per heavy atom. The molecule has 0 bridgehead atoms. The summed E-state index contributed by atoms with van der Waals surface area (Å²) >= 11 is 1.26. The summed E-state index contributed by atoms with van der Waals surface area (Å²) in [5.41, 5.74) is 1.33. The van der Waals surface area contributed by atoms with E-state index in [1.54, 1.807) is 7.11 Å². The molecule has 1 amide bonds. The molecule has 0 aliphatic heterocycles. The molecule has 148 valence electrons. The van der Waals surface area contributed by atoms with Gasteiger partial charge in [-0.15, -0.1) is 0 Å². The lowest BCUT2D eigenvalue weighted by molar-refractivity contribution is -0.137. The lowest BCUT2D eigenvalue weighted by Crippen LogP contribution is -2.15. The van der Waals surface area contributed by atoms with Gasteiger partial charge in [0.2, 0.25) is 5.91 Å². The molecular weight excluding hydrogens is 391 g/mol. The van der Waals surface area contributed by atoms with E-state index >= 15 is 0 Å². The van der Waals surface area contributed by atoms with Gasteiger partial charge in [-0.3, -0.25) is 4.79 Å². The number of hydrogen-bond acceptors (Lipinski definition) is 4. The third-order valence-corrected chi connectivity index (χ3v) is 4.94. The van der Waals surface area contributed by atoms with Crippen LogP contribution in [0.4, 0.5) is 18.9 Å². The second-order valence-electron chi connectivity index (χ2n) is 5.94. The number of aromatic nitrogens is 2. The Morgan fingerprint density at radius 3 is 2.57 bits per heavy atom. The molecule has 3 rings (SSSR count). The number of imidazole rings is 1. The lowest BCUT2D eigenvalue weighted by atomic mass is 10.2. The van der Waals surface area contributed by atoms with Gasteiger partial charge in [0.15, 0.2) is 5.16 Å². The van der Waals surface area contributed by atoms with Gasteiger partial charge in [-0.25, -0.2) is 4.98 Å². The Bertz CT molecular complexity index is 955. The van der Waals surface area contributed by atoms with E-state index in [0.29, 0.717) is 24.0 Å². The van der Waals surface area contributed by atoms with Crippen LogP contribution in [0.15, 0.2) is 53.7 Å². The van der Waals surface area contributed by atoms with Gasteiger partial charge in [-0.1, -0.05) is 23.9 Å². The van der Waals surface area contributed by atoms with E-state index in [1.165, 1.54) is 23.9 Å². The molecule has 9 heteroatoms. The van der Waals surface area contributed by atoms with Gasteiger partial charge in [0, 0.05) is 19.3 Å². The zero-order chi connectivity index (χ0) is 20.1. The molecule has 0 aliphatic rings. The quantitative estimate of drug-likeness (QED) is 0.587. The zero-order valence-electron chi connectivity index (χ0n) is 15.0. The Balaban J connectivity index is 1.66. The van der Waals surface area contributed by atoms with Crippen LogP contribution in [0.25, 0.3) is 11.0 Å². The minimum absolute atomic E-state index is 0.0807. The molecular formula is C19H18F3N3O2S. The molecule has 0 aliphatic carbocycles. The van der Waals surface area contributed by atoms with Crippen LogP contribution in [0, 0.1) is 0 Å². The summed E-state index contributed by atoms with van der Waals surface area (Å²) in [5, 5.41) is 3.28. The van der Waals surface area contributed by atoms with Gasteiger partial charge in [0.1, 0.15) is 0 Å². The number of para-hydroxylation sites is 2. The molecule has 0 atom stereocenters. The topological polar surface area (TPSA) is 56.1 Å². The van der Waals surface area contributed by atoms with Crippen LogP contribution < -0.4 is 5.32 Å². The molecule has 1 N–H and O–H groups in total. The van der Waals surface area contributed by atoms with E-state index in [4.69, 9.17) is 4.74 Å². The number of rotatable bonds is 7. The predicted molar refractivity (Wildman–Crippen MR) is 102 cm³/mol. The van der Waals surface area contributed by atoms with Crippen molar-refractivity contribution < 1.29 is 22.7 Å². The summed E-state index contributed by atoms with van der Waals surface area (Å²) < 4.78 is 44.9. The number of carbonyl (C=O) groups is 1. The first kappa shape index (κ1) is 20.2. The van der Waals surface area contributed by atoms with E-state index in [0.717, 1.165) is 23.2 Å². The molecule has 1 heterocycles. The third kappa shape index (κ3) is 4.85. The predicted octanol–water partition coefficient (Wildman–Crippen LogP) is 4.43. The normalized spacial score (nSPS) is 11.7. The Hall–Kier alpha value is -2.52.